The number of imide groups is 1. The van der Waals surface area contributed by atoms with E-state index >= 15 is 0 Å². The molecule has 2 heterocycles. The highest BCUT2D eigenvalue weighted by Gasteiger charge is 2.34. The van der Waals surface area contributed by atoms with E-state index in [4.69, 9.17) is 9.15 Å². The molecule has 28 heavy (non-hydrogen) atoms. The normalized spacial score (nSPS) is 14.9. The van der Waals surface area contributed by atoms with Gasteiger partial charge in [-0.2, -0.15) is 0 Å². The zero-order valence-corrected chi connectivity index (χ0v) is 15.1. The largest absolute Gasteiger partial charge is 0.463 e. The molecule has 1 aliphatic rings. The highest BCUT2D eigenvalue weighted by Crippen LogP contribution is 2.24. The average molecular weight is 384 g/mol. The molecular weight excluding hydrogens is 368 g/mol. The average Bonchev–Trinajstić information content (AvgIpc) is 3.23. The van der Waals surface area contributed by atoms with Crippen LogP contribution in [0.15, 0.2) is 46.5 Å². The fourth-order valence-corrected chi connectivity index (χ4v) is 2.55. The van der Waals surface area contributed by atoms with Crippen molar-refractivity contribution in [3.63, 3.8) is 0 Å². The van der Waals surface area contributed by atoms with Gasteiger partial charge >= 0.3 is 18.0 Å². The Kier molecular flexibility index (Phi) is 5.25. The van der Waals surface area contributed by atoms with E-state index in [1.54, 1.807) is 24.3 Å². The van der Waals surface area contributed by atoms with Gasteiger partial charge in [0.05, 0.1) is 13.7 Å². The lowest BCUT2D eigenvalue weighted by Crippen LogP contribution is -2.30. The highest BCUT2D eigenvalue weighted by atomic mass is 16.5. The summed E-state index contributed by atoms with van der Waals surface area (Å²) in [4.78, 5) is 48.4. The van der Waals surface area contributed by atoms with E-state index in [1.807, 2.05) is 0 Å². The Hall–Kier alpha value is -3.88. The van der Waals surface area contributed by atoms with Crippen molar-refractivity contribution >= 4 is 30.0 Å². The van der Waals surface area contributed by atoms with Crippen LogP contribution < -0.4 is 10.1 Å². The summed E-state index contributed by atoms with van der Waals surface area (Å²) in [5.74, 6) is -1.28. The number of urea groups is 1. The summed E-state index contributed by atoms with van der Waals surface area (Å²) >= 11 is 0. The maximum atomic E-state index is 12.6. The molecule has 0 aliphatic carbocycles. The number of hydrogen-bond donors (Lipinski definition) is 1. The number of rotatable bonds is 5. The van der Waals surface area contributed by atoms with Gasteiger partial charge in [-0.1, -0.05) is 18.2 Å². The van der Waals surface area contributed by atoms with Crippen molar-refractivity contribution in [1.82, 2.24) is 10.2 Å². The van der Waals surface area contributed by atoms with Crippen molar-refractivity contribution in [1.29, 1.82) is 0 Å². The van der Waals surface area contributed by atoms with Crippen molar-refractivity contribution in [3.8, 4) is 5.75 Å². The molecule has 1 aliphatic heterocycles. The monoisotopic (exact) mass is 384 g/mol. The minimum Gasteiger partial charge on any atom is -0.463 e. The molecule has 0 atom stereocenters. The number of hydrogen-bond acceptors (Lipinski definition) is 7. The Morgan fingerprint density at radius 2 is 1.93 bits per heavy atom. The Labute approximate surface area is 159 Å². The first-order valence-corrected chi connectivity index (χ1v) is 8.18. The lowest BCUT2D eigenvalue weighted by atomic mass is 10.1. The summed E-state index contributed by atoms with van der Waals surface area (Å²) in [7, 11) is 1.21. The van der Waals surface area contributed by atoms with Crippen molar-refractivity contribution in [3.05, 3.63) is 59.2 Å². The summed E-state index contributed by atoms with van der Waals surface area (Å²) in [6, 6.07) is 8.83. The van der Waals surface area contributed by atoms with Crippen LogP contribution in [0, 0.1) is 0 Å². The first kappa shape index (κ1) is 18.9. The summed E-state index contributed by atoms with van der Waals surface area (Å²) in [6.45, 7) is 1.10. The number of carbonyl (C=O) groups excluding carboxylic acids is 4. The lowest BCUT2D eigenvalue weighted by Gasteiger charge is -2.09. The number of benzene rings is 1. The smallest absolute Gasteiger partial charge is 0.373 e. The number of amides is 3. The fraction of sp³-hybridized carbons (Fsp3) is 0.158. The molecule has 1 saturated heterocycles. The van der Waals surface area contributed by atoms with E-state index < -0.39 is 23.9 Å². The van der Waals surface area contributed by atoms with E-state index in [0.717, 1.165) is 4.90 Å². The van der Waals surface area contributed by atoms with Crippen LogP contribution in [0.25, 0.3) is 6.08 Å². The molecule has 0 spiro atoms. The third-order valence-electron chi connectivity index (χ3n) is 3.80. The summed E-state index contributed by atoms with van der Waals surface area (Å²) in [5, 5.41) is 2.47. The van der Waals surface area contributed by atoms with Gasteiger partial charge in [-0.3, -0.25) is 14.5 Å². The number of methoxy groups -OCH3 is 1. The molecule has 0 bridgehead atoms. The number of carbonyl (C=O) groups is 4. The molecule has 1 fully saturated rings. The Morgan fingerprint density at radius 1 is 1.18 bits per heavy atom. The number of ether oxygens (including phenoxy) is 2. The van der Waals surface area contributed by atoms with Crippen LogP contribution in [0.1, 0.15) is 28.8 Å². The molecule has 2 aromatic rings. The fourth-order valence-electron chi connectivity index (χ4n) is 2.55. The number of furan rings is 1. The predicted molar refractivity (Wildman–Crippen MR) is 94.9 cm³/mol. The van der Waals surface area contributed by atoms with Crippen molar-refractivity contribution in [2.75, 3.05) is 7.11 Å². The van der Waals surface area contributed by atoms with Crippen molar-refractivity contribution < 1.29 is 33.1 Å². The third kappa shape index (κ3) is 3.93. The number of esters is 2. The van der Waals surface area contributed by atoms with Crippen LogP contribution in [0.2, 0.25) is 0 Å². The van der Waals surface area contributed by atoms with Gasteiger partial charge in [-0.15, -0.1) is 0 Å². The van der Waals surface area contributed by atoms with Crippen LogP contribution in [0.3, 0.4) is 0 Å². The zero-order valence-electron chi connectivity index (χ0n) is 15.1. The highest BCUT2D eigenvalue weighted by molar-refractivity contribution is 6.14. The van der Waals surface area contributed by atoms with Gasteiger partial charge in [0.1, 0.15) is 17.2 Å². The van der Waals surface area contributed by atoms with E-state index in [1.165, 1.54) is 32.2 Å². The minimum absolute atomic E-state index is 0.0179. The zero-order chi connectivity index (χ0) is 20.3. The van der Waals surface area contributed by atoms with Crippen LogP contribution in [-0.2, 0) is 20.9 Å². The molecule has 144 valence electrons. The van der Waals surface area contributed by atoms with Crippen molar-refractivity contribution in [2.24, 2.45) is 0 Å². The molecule has 3 rings (SSSR count). The molecular formula is C19H16N2O7. The van der Waals surface area contributed by atoms with Crippen molar-refractivity contribution in [2.45, 2.75) is 13.5 Å². The molecule has 9 heteroatoms. The molecule has 0 unspecified atom stereocenters. The molecule has 1 aromatic heterocycles. The molecule has 9 nitrogen and oxygen atoms in total. The van der Waals surface area contributed by atoms with Crippen LogP contribution in [0.5, 0.6) is 5.75 Å². The lowest BCUT2D eigenvalue weighted by molar-refractivity contribution is -0.131. The van der Waals surface area contributed by atoms with E-state index in [9.17, 15) is 19.2 Å². The van der Waals surface area contributed by atoms with E-state index in [2.05, 4.69) is 10.1 Å². The Morgan fingerprint density at radius 3 is 2.64 bits per heavy atom. The Bertz CT molecular complexity index is 990. The van der Waals surface area contributed by atoms with Crippen LogP contribution >= 0.6 is 0 Å². The van der Waals surface area contributed by atoms with Gasteiger partial charge in [0.2, 0.25) is 5.76 Å². The topological polar surface area (TPSA) is 115 Å². The SMILES string of the molecule is COC(=O)c1ccc(CN2C(=O)NC(=Cc3ccccc3OC(C)=O)C2=O)o1. The molecule has 0 saturated carbocycles. The quantitative estimate of drug-likeness (QED) is 0.363. The second-order valence-electron chi connectivity index (χ2n) is 5.77. The predicted octanol–water partition coefficient (Wildman–Crippen LogP) is 2.08. The summed E-state index contributed by atoms with van der Waals surface area (Å²) in [5.41, 5.74) is 0.471. The molecule has 1 aromatic carbocycles. The Balaban J connectivity index is 1.80. The third-order valence-corrected chi connectivity index (χ3v) is 3.80. The van der Waals surface area contributed by atoms with Gasteiger partial charge in [0.15, 0.2) is 0 Å². The maximum absolute atomic E-state index is 12.6. The molecule has 1 N–H and O–H groups in total. The molecule has 0 radical (unpaired) electrons. The van der Waals surface area contributed by atoms with Gasteiger partial charge in [0, 0.05) is 12.5 Å². The maximum Gasteiger partial charge on any atom is 0.373 e. The first-order chi connectivity index (χ1) is 13.4. The first-order valence-electron chi connectivity index (χ1n) is 8.18. The van der Waals surface area contributed by atoms with E-state index in [-0.39, 0.29) is 29.5 Å². The van der Waals surface area contributed by atoms with Crippen LogP contribution in [-0.4, -0.2) is 35.9 Å². The van der Waals surface area contributed by atoms with Gasteiger partial charge < -0.3 is 19.2 Å². The van der Waals surface area contributed by atoms with E-state index in [0.29, 0.717) is 5.56 Å². The van der Waals surface area contributed by atoms with Gasteiger partial charge in [-0.25, -0.2) is 9.59 Å². The van der Waals surface area contributed by atoms with Gasteiger partial charge in [0.25, 0.3) is 5.91 Å². The summed E-state index contributed by atoms with van der Waals surface area (Å²) < 4.78 is 14.9. The summed E-state index contributed by atoms with van der Waals surface area (Å²) in [6.07, 6.45) is 1.42. The number of para-hydroxylation sites is 1. The minimum atomic E-state index is -0.661. The second kappa shape index (κ2) is 7.78. The molecule has 3 amide bonds. The van der Waals surface area contributed by atoms with Crippen LogP contribution in [0.4, 0.5) is 4.79 Å². The number of nitrogens with one attached hydrogen (secondary N) is 1. The number of nitrogens with zero attached hydrogens (tertiary/aromatic N) is 1. The standard InChI is InChI=1S/C19H16N2O7/c1-11(22)27-15-6-4-3-5-12(15)9-14-17(23)21(19(25)20-14)10-13-7-8-16(28-13)18(24)26-2/h3-9H,10H2,1-2H3,(H,20,25). The van der Waals surface area contributed by atoms with Gasteiger partial charge in [-0.05, 0) is 24.3 Å². The second-order valence-corrected chi connectivity index (χ2v) is 5.77.